The Balaban J connectivity index is 1.19. The molecule has 7 rings (SSSR count). The number of hydrogen-bond acceptors (Lipinski definition) is 9. The van der Waals surface area contributed by atoms with Crippen LogP contribution >= 0.6 is 11.6 Å². The van der Waals surface area contributed by atoms with Gasteiger partial charge in [-0.15, -0.1) is 0 Å². The number of hydrogen-bond donors (Lipinski definition) is 2. The number of rotatable bonds is 8. The second-order valence-electron chi connectivity index (χ2n) is 12.3. The Labute approximate surface area is 259 Å². The zero-order chi connectivity index (χ0) is 31.1. The monoisotopic (exact) mass is 636 g/mol. The van der Waals surface area contributed by atoms with Crippen LogP contribution in [-0.4, -0.2) is 58.0 Å². The van der Waals surface area contributed by atoms with Gasteiger partial charge in [-0.2, -0.15) is 5.10 Å². The van der Waals surface area contributed by atoms with Crippen LogP contribution in [0.2, 0.25) is 5.15 Å². The summed E-state index contributed by atoms with van der Waals surface area (Å²) in [6.45, 7) is 5.44. The fraction of sp³-hybridized carbons (Fsp3) is 0.433. The molecule has 1 aliphatic heterocycles. The molecular weight excluding hydrogens is 604 g/mol. The number of aromatic nitrogens is 5. The number of carbonyl (C=O) groups is 1. The van der Waals surface area contributed by atoms with E-state index < -0.39 is 22.0 Å². The molecule has 4 aromatic rings. The molecule has 2 aliphatic carbocycles. The first-order valence-corrected chi connectivity index (χ1v) is 16.9. The van der Waals surface area contributed by atoms with Crippen molar-refractivity contribution in [2.45, 2.75) is 44.7 Å². The predicted molar refractivity (Wildman–Crippen MR) is 168 cm³/mol. The number of nitrogens with zero attached hydrogens (tertiary/aromatic N) is 6. The van der Waals surface area contributed by atoms with Crippen molar-refractivity contribution in [3.05, 3.63) is 74.6 Å². The third-order valence-corrected chi connectivity index (χ3v) is 9.70. The van der Waals surface area contributed by atoms with Gasteiger partial charge in [0.1, 0.15) is 5.15 Å². The number of benzene rings is 1. The van der Waals surface area contributed by atoms with Gasteiger partial charge >= 0.3 is 0 Å². The van der Waals surface area contributed by atoms with E-state index in [4.69, 9.17) is 16.6 Å². The van der Waals surface area contributed by atoms with Crippen LogP contribution in [0.1, 0.15) is 65.1 Å². The van der Waals surface area contributed by atoms with E-state index in [1.165, 1.54) is 24.6 Å². The first kappa shape index (κ1) is 28.8. The van der Waals surface area contributed by atoms with Crippen molar-refractivity contribution >= 4 is 50.1 Å². The summed E-state index contributed by atoms with van der Waals surface area (Å²) in [6.07, 6.45) is 5.20. The van der Waals surface area contributed by atoms with Gasteiger partial charge in [0.25, 0.3) is 11.5 Å². The SMILES string of the molecule is Cc1cc([C@@H](C)Nc2ccc(Cl)nc2C(=O)NS(C)(=O)=O)c2nc(N3C[C@@H]4C(c5ccnn5C5CC5)[C@@H]4C3)n(C)c(=O)c2c1. The van der Waals surface area contributed by atoms with E-state index in [-0.39, 0.29) is 22.1 Å². The standard InChI is InChI=1S/C30H33ClN8O4S/c1-15-11-18(16(2)33-22-7-8-24(31)34-27(22)28(40)36-44(4,42)43)26-19(12-15)29(41)37(3)30(35-26)38-13-20-21(14-38)25(20)23-9-10-32-39(23)17-5-6-17/h7-12,16-17,20-21,25,33H,5-6,13-14H2,1-4H3,(H,36,40)/t16-,20-,21+,25?/m1/s1. The topological polar surface area (TPSA) is 144 Å². The lowest BCUT2D eigenvalue weighted by molar-refractivity contribution is 0.0977. The predicted octanol–water partition coefficient (Wildman–Crippen LogP) is 3.53. The molecule has 14 heteroatoms. The maximum Gasteiger partial charge on any atom is 0.285 e. The molecule has 4 atom stereocenters. The van der Waals surface area contributed by atoms with Crippen molar-refractivity contribution in [3.63, 3.8) is 0 Å². The molecule has 1 aromatic carbocycles. The molecule has 4 heterocycles. The fourth-order valence-electron chi connectivity index (χ4n) is 6.75. The number of piperidine rings is 1. The van der Waals surface area contributed by atoms with Gasteiger partial charge < -0.3 is 10.2 Å². The number of halogens is 1. The highest BCUT2D eigenvalue weighted by atomic mass is 35.5. The number of fused-ring (bicyclic) bond motifs is 2. The van der Waals surface area contributed by atoms with Gasteiger partial charge in [0.15, 0.2) is 5.69 Å². The Kier molecular flexibility index (Phi) is 6.74. The highest BCUT2D eigenvalue weighted by Crippen LogP contribution is 2.59. The molecule has 0 radical (unpaired) electrons. The number of carbonyl (C=O) groups excluding carboxylic acids is 1. The summed E-state index contributed by atoms with van der Waals surface area (Å²) in [5.41, 5.74) is 3.55. The van der Waals surface area contributed by atoms with Gasteiger partial charge in [-0.05, 0) is 68.4 Å². The lowest BCUT2D eigenvalue weighted by atomic mass is 10.0. The lowest BCUT2D eigenvalue weighted by Gasteiger charge is -2.25. The molecule has 0 spiro atoms. The van der Waals surface area contributed by atoms with E-state index in [0.29, 0.717) is 40.6 Å². The van der Waals surface area contributed by atoms with Crippen molar-refractivity contribution in [1.29, 1.82) is 0 Å². The molecule has 230 valence electrons. The summed E-state index contributed by atoms with van der Waals surface area (Å²) >= 11 is 6.05. The number of nitrogens with one attached hydrogen (secondary N) is 2. The molecule has 3 aromatic heterocycles. The van der Waals surface area contributed by atoms with Crippen molar-refractivity contribution in [2.24, 2.45) is 18.9 Å². The van der Waals surface area contributed by atoms with E-state index in [2.05, 4.69) is 31.0 Å². The zero-order valence-electron chi connectivity index (χ0n) is 24.8. The quantitative estimate of drug-likeness (QED) is 0.278. The molecule has 0 bridgehead atoms. The normalized spacial score (nSPS) is 21.8. The van der Waals surface area contributed by atoms with Crippen LogP contribution in [0.15, 0.2) is 41.3 Å². The minimum atomic E-state index is -3.82. The first-order valence-electron chi connectivity index (χ1n) is 14.6. The summed E-state index contributed by atoms with van der Waals surface area (Å²) in [7, 11) is -2.06. The minimum Gasteiger partial charge on any atom is -0.377 e. The molecule has 1 saturated heterocycles. The number of pyridine rings is 1. The fourth-order valence-corrected chi connectivity index (χ4v) is 7.33. The Hall–Kier alpha value is -3.97. The second kappa shape index (κ2) is 10.3. The third kappa shape index (κ3) is 5.11. The van der Waals surface area contributed by atoms with E-state index in [0.717, 1.165) is 30.5 Å². The van der Waals surface area contributed by atoms with Gasteiger partial charge in [-0.1, -0.05) is 17.7 Å². The maximum atomic E-state index is 13.7. The van der Waals surface area contributed by atoms with Crippen LogP contribution < -0.4 is 20.5 Å². The van der Waals surface area contributed by atoms with Crippen molar-refractivity contribution in [1.82, 2.24) is 29.0 Å². The van der Waals surface area contributed by atoms with Crippen molar-refractivity contribution < 1.29 is 13.2 Å². The van der Waals surface area contributed by atoms with Gasteiger partial charge in [0.05, 0.1) is 34.9 Å². The molecule has 2 saturated carbocycles. The molecule has 3 aliphatic rings. The molecular formula is C30H33ClN8O4S. The summed E-state index contributed by atoms with van der Waals surface area (Å²) in [5, 5.41) is 8.39. The third-order valence-electron chi connectivity index (χ3n) is 8.94. The van der Waals surface area contributed by atoms with Crippen molar-refractivity contribution in [2.75, 3.05) is 29.6 Å². The molecule has 1 amide bonds. The van der Waals surface area contributed by atoms with Crippen LogP contribution in [0.5, 0.6) is 0 Å². The van der Waals surface area contributed by atoms with Gasteiger partial charge in [0.2, 0.25) is 16.0 Å². The van der Waals surface area contributed by atoms with Gasteiger partial charge in [-0.25, -0.2) is 23.1 Å². The Bertz CT molecular complexity index is 1990. The van der Waals surface area contributed by atoms with Crippen LogP contribution in [0.4, 0.5) is 11.6 Å². The van der Waals surface area contributed by atoms with Crippen LogP contribution in [0, 0.1) is 18.8 Å². The van der Waals surface area contributed by atoms with Crippen molar-refractivity contribution in [3.8, 4) is 0 Å². The highest BCUT2D eigenvalue weighted by molar-refractivity contribution is 7.89. The van der Waals surface area contributed by atoms with E-state index in [1.54, 1.807) is 17.7 Å². The Morgan fingerprint density at radius 2 is 1.84 bits per heavy atom. The average Bonchev–Trinajstić information content (AvgIpc) is 3.82. The molecule has 44 heavy (non-hydrogen) atoms. The summed E-state index contributed by atoms with van der Waals surface area (Å²) < 4.78 is 29.2. The summed E-state index contributed by atoms with van der Waals surface area (Å²) in [5.74, 6) is 1.23. The lowest BCUT2D eigenvalue weighted by Crippen LogP contribution is -2.32. The zero-order valence-corrected chi connectivity index (χ0v) is 26.4. The summed E-state index contributed by atoms with van der Waals surface area (Å²) in [6, 6.07) is 9.16. The Morgan fingerprint density at radius 3 is 2.52 bits per heavy atom. The average molecular weight is 637 g/mol. The van der Waals surface area contributed by atoms with E-state index >= 15 is 0 Å². The van der Waals surface area contributed by atoms with E-state index in [9.17, 15) is 18.0 Å². The van der Waals surface area contributed by atoms with Crippen LogP contribution in [0.3, 0.4) is 0 Å². The van der Waals surface area contributed by atoms with Gasteiger partial charge in [-0.3, -0.25) is 18.8 Å². The van der Waals surface area contributed by atoms with Crippen LogP contribution in [0.25, 0.3) is 10.9 Å². The maximum absolute atomic E-state index is 13.7. The van der Waals surface area contributed by atoms with Crippen LogP contribution in [-0.2, 0) is 17.1 Å². The minimum absolute atomic E-state index is 0.0422. The highest BCUT2D eigenvalue weighted by Gasteiger charge is 2.58. The first-order chi connectivity index (χ1) is 20.9. The number of anilines is 2. The number of amides is 1. The van der Waals surface area contributed by atoms with Gasteiger partial charge in [0, 0.05) is 43.5 Å². The van der Waals surface area contributed by atoms with E-state index in [1.807, 2.05) is 36.9 Å². The number of sulfonamides is 1. The molecule has 12 nitrogen and oxygen atoms in total. The second-order valence-corrected chi connectivity index (χ2v) is 14.5. The molecule has 3 fully saturated rings. The Morgan fingerprint density at radius 1 is 1.11 bits per heavy atom. The number of aryl methyl sites for hydroxylation is 1. The summed E-state index contributed by atoms with van der Waals surface area (Å²) in [4.78, 5) is 37.8. The largest absolute Gasteiger partial charge is 0.377 e. The molecule has 2 N–H and O–H groups in total. The smallest absolute Gasteiger partial charge is 0.285 e. The molecule has 1 unspecified atom stereocenters.